The lowest BCUT2D eigenvalue weighted by atomic mass is 10.2. The molecule has 0 saturated carbocycles. The van der Waals surface area contributed by atoms with Crippen molar-refractivity contribution in [3.8, 4) is 10.4 Å². The molecule has 0 fully saturated rings. The van der Waals surface area contributed by atoms with Crippen LogP contribution in [0.25, 0.3) is 10.4 Å². The van der Waals surface area contributed by atoms with Gasteiger partial charge in [0.15, 0.2) is 10.3 Å². The molecule has 0 radical (unpaired) electrons. The highest BCUT2D eigenvalue weighted by Crippen LogP contribution is 2.28. The second-order valence-electron chi connectivity index (χ2n) is 2.78. The first-order chi connectivity index (χ1) is 7.86. The minimum Gasteiger partial charge on any atom is -0.726 e. The molecule has 17 heavy (non-hydrogen) atoms. The normalized spacial score (nSPS) is 10.5. The Morgan fingerprint density at radius 1 is 1.24 bits per heavy atom. The smallest absolute Gasteiger partial charge is 0.292 e. The number of hydrogen-bond donors (Lipinski definition) is 1. The quantitative estimate of drug-likeness (QED) is 0.379. The topological polar surface area (TPSA) is 77.4 Å². The monoisotopic (exact) mass is 310 g/mol. The Balaban J connectivity index is 0.000000249. The Labute approximate surface area is 111 Å². The molecule has 0 aliphatic carbocycles. The lowest BCUT2D eigenvalue weighted by Gasteiger charge is -1.92. The van der Waals surface area contributed by atoms with E-state index >= 15 is 0 Å². The molecule has 0 bridgehead atoms. The van der Waals surface area contributed by atoms with E-state index < -0.39 is 10.4 Å². The van der Waals surface area contributed by atoms with Gasteiger partial charge < -0.3 is 4.55 Å². The van der Waals surface area contributed by atoms with E-state index in [9.17, 15) is 0 Å². The van der Waals surface area contributed by atoms with Gasteiger partial charge >= 0.3 is 0 Å². The first-order valence-corrected chi connectivity index (χ1v) is 8.13. The van der Waals surface area contributed by atoms with Crippen molar-refractivity contribution in [1.82, 2.24) is 0 Å². The summed E-state index contributed by atoms with van der Waals surface area (Å²) in [4.78, 5) is 1.30. The lowest BCUT2D eigenvalue weighted by Crippen LogP contribution is -1.90. The van der Waals surface area contributed by atoms with Crippen LogP contribution in [0.3, 0.4) is 0 Å². The van der Waals surface area contributed by atoms with Crippen molar-refractivity contribution in [3.05, 3.63) is 40.7 Å². The van der Waals surface area contributed by atoms with E-state index in [2.05, 4.69) is 11.4 Å². The van der Waals surface area contributed by atoms with Crippen LogP contribution in [-0.2, 0) is 10.4 Å². The Bertz CT molecular complexity index is 540. The van der Waals surface area contributed by atoms with Crippen molar-refractivity contribution in [3.63, 3.8) is 0 Å². The van der Waals surface area contributed by atoms with Gasteiger partial charge in [-0.05, 0) is 17.7 Å². The van der Waals surface area contributed by atoms with Gasteiger partial charge in [0, 0.05) is 11.1 Å². The van der Waals surface area contributed by atoms with Crippen molar-refractivity contribution in [2.75, 3.05) is 0 Å². The number of rotatable bonds is 1. The summed E-state index contributed by atoms with van der Waals surface area (Å²) in [5.74, 6) is 0. The van der Waals surface area contributed by atoms with Crippen LogP contribution in [0.5, 0.6) is 0 Å². The molecule has 1 N–H and O–H groups in total. The van der Waals surface area contributed by atoms with Gasteiger partial charge in [0.2, 0.25) is 15.8 Å². The molecule has 92 valence electrons. The molecule has 0 amide bonds. The average molecular weight is 311 g/mol. The SMILES string of the molecule is Clc1ccc(-c2cc[s+]s2)cc1.O=S(=O)([O-])O. The zero-order chi connectivity index (χ0) is 12.9. The maximum Gasteiger partial charge on any atom is 0.292 e. The van der Waals surface area contributed by atoms with Gasteiger partial charge in [-0.1, -0.05) is 23.7 Å². The van der Waals surface area contributed by atoms with Crippen LogP contribution in [0, 0.1) is 0 Å². The molecule has 1 heterocycles. The lowest BCUT2D eigenvalue weighted by molar-refractivity contribution is 0.366. The zero-order valence-corrected chi connectivity index (χ0v) is 11.4. The van der Waals surface area contributed by atoms with Crippen LogP contribution in [-0.4, -0.2) is 17.5 Å². The highest BCUT2D eigenvalue weighted by molar-refractivity contribution is 7.79. The molecule has 0 aliphatic heterocycles. The molecule has 0 spiro atoms. The van der Waals surface area contributed by atoms with Gasteiger partial charge in [0.1, 0.15) is 0 Å². The standard InChI is InChI=1S/C9H6ClS2.H2O4S/c10-8-3-1-7(2-4-8)9-5-6-11-12-9;1-5(2,3)4/h1-6H;(H2,1,2,3,4)/q+1;/p-1. The Hall–Kier alpha value is -0.570. The molecule has 0 aliphatic rings. The van der Waals surface area contributed by atoms with Crippen molar-refractivity contribution in [2.45, 2.75) is 0 Å². The molecule has 1 aromatic heterocycles. The van der Waals surface area contributed by atoms with Gasteiger partial charge in [-0.2, -0.15) is 0 Å². The molecule has 8 heteroatoms. The van der Waals surface area contributed by atoms with E-state index in [1.165, 1.54) is 10.4 Å². The van der Waals surface area contributed by atoms with E-state index in [-0.39, 0.29) is 0 Å². The van der Waals surface area contributed by atoms with Crippen molar-refractivity contribution in [2.24, 2.45) is 0 Å². The first kappa shape index (κ1) is 14.5. The molecule has 2 rings (SSSR count). The van der Waals surface area contributed by atoms with E-state index in [1.807, 2.05) is 24.3 Å². The van der Waals surface area contributed by atoms with Crippen molar-refractivity contribution in [1.29, 1.82) is 0 Å². The second-order valence-corrected chi connectivity index (χ2v) is 6.22. The van der Waals surface area contributed by atoms with Crippen molar-refractivity contribution < 1.29 is 17.5 Å². The molecular weight excluding hydrogens is 304 g/mol. The third-order valence-electron chi connectivity index (χ3n) is 1.54. The van der Waals surface area contributed by atoms with Crippen LogP contribution in [0.1, 0.15) is 0 Å². The van der Waals surface area contributed by atoms with E-state index in [0.717, 1.165) is 5.02 Å². The van der Waals surface area contributed by atoms with Crippen LogP contribution in [0.4, 0.5) is 0 Å². The Morgan fingerprint density at radius 3 is 2.18 bits per heavy atom. The number of halogens is 1. The van der Waals surface area contributed by atoms with Gasteiger partial charge in [0.25, 0.3) is 10.3 Å². The maximum absolute atomic E-state index is 8.63. The van der Waals surface area contributed by atoms with Gasteiger partial charge in [-0.15, -0.1) is 0 Å². The van der Waals surface area contributed by atoms with E-state index in [4.69, 9.17) is 29.1 Å². The van der Waals surface area contributed by atoms with Crippen LogP contribution >= 0.6 is 32.3 Å². The van der Waals surface area contributed by atoms with Gasteiger partial charge in [-0.25, -0.2) is 8.42 Å². The summed E-state index contributed by atoms with van der Waals surface area (Å²) >= 11 is 5.78. The predicted molar refractivity (Wildman–Crippen MR) is 69.4 cm³/mol. The summed E-state index contributed by atoms with van der Waals surface area (Å²) in [6, 6.07) is 10.0. The minimum absolute atomic E-state index is 0.791. The highest BCUT2D eigenvalue weighted by Gasteiger charge is 2.04. The predicted octanol–water partition coefficient (Wildman–Crippen LogP) is 3.42. The van der Waals surface area contributed by atoms with Crippen LogP contribution in [0.2, 0.25) is 5.02 Å². The van der Waals surface area contributed by atoms with E-state index in [0.29, 0.717) is 0 Å². The maximum atomic E-state index is 8.63. The fourth-order valence-corrected chi connectivity index (χ4v) is 2.97. The molecule has 0 atom stereocenters. The number of hydrogen-bond acceptors (Lipinski definition) is 4. The highest BCUT2D eigenvalue weighted by atomic mass is 35.5. The Morgan fingerprint density at radius 2 is 1.76 bits per heavy atom. The molecule has 0 saturated heterocycles. The fraction of sp³-hybridized carbons (Fsp3) is 0. The Kier molecular flexibility index (Phi) is 5.44. The minimum atomic E-state index is -4.92. The zero-order valence-electron chi connectivity index (χ0n) is 8.24. The summed E-state index contributed by atoms with van der Waals surface area (Å²) in [6.45, 7) is 0. The first-order valence-electron chi connectivity index (χ1n) is 4.17. The fourth-order valence-electron chi connectivity index (χ4n) is 0.955. The van der Waals surface area contributed by atoms with Crippen LogP contribution in [0.15, 0.2) is 35.7 Å². The molecule has 2 aromatic rings. The van der Waals surface area contributed by atoms with Gasteiger partial charge in [0.05, 0.1) is 4.88 Å². The largest absolute Gasteiger partial charge is 0.726 e. The molecule has 4 nitrogen and oxygen atoms in total. The average Bonchev–Trinajstić information content (AvgIpc) is 2.69. The number of benzene rings is 1. The van der Waals surface area contributed by atoms with Crippen molar-refractivity contribution >= 4 is 42.7 Å². The molecule has 0 unspecified atom stereocenters. The molecular formula is C9H7ClO4S3. The summed E-state index contributed by atoms with van der Waals surface area (Å²) in [5.41, 5.74) is 1.24. The summed E-state index contributed by atoms with van der Waals surface area (Å²) in [7, 11) is -1.39. The molecule has 1 aromatic carbocycles. The summed E-state index contributed by atoms with van der Waals surface area (Å²) in [5, 5.41) is 2.88. The summed E-state index contributed by atoms with van der Waals surface area (Å²) < 4.78 is 32.8. The van der Waals surface area contributed by atoms with Gasteiger partial charge in [-0.3, -0.25) is 4.55 Å². The summed E-state index contributed by atoms with van der Waals surface area (Å²) in [6.07, 6.45) is 0. The second kappa shape index (κ2) is 6.39. The van der Waals surface area contributed by atoms with E-state index in [1.54, 1.807) is 20.7 Å². The van der Waals surface area contributed by atoms with Crippen LogP contribution < -0.4 is 0 Å². The third kappa shape index (κ3) is 6.67. The third-order valence-corrected chi connectivity index (χ3v) is 3.85.